The van der Waals surface area contributed by atoms with Crippen molar-refractivity contribution < 1.29 is 4.39 Å². The molecule has 0 saturated heterocycles. The largest absolute Gasteiger partial charge is 0.206 e. The van der Waals surface area contributed by atoms with Gasteiger partial charge < -0.3 is 0 Å². The molecule has 0 nitrogen and oxygen atoms in total. The highest BCUT2D eigenvalue weighted by molar-refractivity contribution is 9.10. The predicted octanol–water partition coefficient (Wildman–Crippen LogP) is 6.20. The molecule has 0 aliphatic carbocycles. The van der Waals surface area contributed by atoms with Gasteiger partial charge in [-0.25, -0.2) is 4.39 Å². The molecule has 0 aromatic heterocycles. The molecule has 0 fully saturated rings. The van der Waals surface area contributed by atoms with E-state index in [0.717, 1.165) is 0 Å². The Morgan fingerprint density at radius 3 is 1.14 bits per heavy atom. The van der Waals surface area contributed by atoms with Crippen molar-refractivity contribution in [1.29, 1.82) is 0 Å². The lowest BCUT2D eigenvalue weighted by atomic mass is 10.4. The summed E-state index contributed by atoms with van der Waals surface area (Å²) in [5.41, 5.74) is 0. The maximum atomic E-state index is 12.3. The van der Waals surface area contributed by atoms with Gasteiger partial charge in [-0.15, -0.1) is 0 Å². The fourth-order valence-electron chi connectivity index (χ4n) is 3.06. The van der Waals surface area contributed by atoms with E-state index in [1.165, 1.54) is 22.0 Å². The Balaban J connectivity index is 0.000000236. The third-order valence-electron chi connectivity index (χ3n) is 4.64. The van der Waals surface area contributed by atoms with E-state index in [-0.39, 0.29) is 5.82 Å². The molecule has 0 spiro atoms. The highest BCUT2D eigenvalue weighted by Gasteiger charge is 2.39. The standard InChI is InChI=1S/C19H18P.C6H4BrF/c1-20(17-11-5-2-6-12-17,18-13-7-3-8-14-18)19-15-9-4-10-16-19;7-5-3-1-2-4-6(5)8/h2-16H,1H3;1-4H/q+1;. The van der Waals surface area contributed by atoms with Crippen LogP contribution in [-0.4, -0.2) is 6.66 Å². The van der Waals surface area contributed by atoms with Gasteiger partial charge in [0.15, 0.2) is 0 Å². The van der Waals surface area contributed by atoms with E-state index in [2.05, 4.69) is 114 Å². The fraction of sp³-hybridized carbons (Fsp3) is 0.0400. The summed E-state index contributed by atoms with van der Waals surface area (Å²) in [5.74, 6) is -0.215. The molecular formula is C25H22BrFP+. The summed E-state index contributed by atoms with van der Waals surface area (Å²) in [6, 6.07) is 39.1. The topological polar surface area (TPSA) is 0 Å². The molecule has 0 aliphatic heterocycles. The Kier molecular flexibility index (Phi) is 7.14. The Hall–Kier alpha value is -2.28. The van der Waals surface area contributed by atoms with Crippen LogP contribution in [0.3, 0.4) is 0 Å². The van der Waals surface area contributed by atoms with E-state index in [9.17, 15) is 4.39 Å². The molecule has 0 amide bonds. The molecule has 4 aromatic rings. The van der Waals surface area contributed by atoms with E-state index >= 15 is 0 Å². The van der Waals surface area contributed by atoms with E-state index in [0.29, 0.717) is 4.47 Å². The van der Waals surface area contributed by atoms with Gasteiger partial charge in [-0.05, 0) is 64.5 Å². The first-order valence-electron chi connectivity index (χ1n) is 9.06. The van der Waals surface area contributed by atoms with Crippen LogP contribution in [-0.2, 0) is 0 Å². The van der Waals surface area contributed by atoms with Gasteiger partial charge in [-0.1, -0.05) is 66.7 Å². The Bertz CT molecular complexity index is 871. The summed E-state index contributed by atoms with van der Waals surface area (Å²) < 4.78 is 12.8. The summed E-state index contributed by atoms with van der Waals surface area (Å²) in [5, 5.41) is 4.28. The first-order valence-corrected chi connectivity index (χ1v) is 12.1. The molecule has 4 aromatic carbocycles. The zero-order valence-electron chi connectivity index (χ0n) is 15.7. The first-order chi connectivity index (χ1) is 13.6. The molecule has 0 bridgehead atoms. The van der Waals surface area contributed by atoms with Gasteiger partial charge in [0, 0.05) is 0 Å². The number of hydrogen-bond donors (Lipinski definition) is 0. The zero-order valence-corrected chi connectivity index (χ0v) is 18.2. The summed E-state index contributed by atoms with van der Waals surface area (Å²) in [6.07, 6.45) is 0. The summed E-state index contributed by atoms with van der Waals surface area (Å²) >= 11 is 3.02. The van der Waals surface area contributed by atoms with Gasteiger partial charge in [-0.3, -0.25) is 0 Å². The molecule has 0 atom stereocenters. The number of rotatable bonds is 3. The van der Waals surface area contributed by atoms with E-state index in [4.69, 9.17) is 0 Å². The second kappa shape index (κ2) is 9.78. The normalized spacial score (nSPS) is 10.7. The van der Waals surface area contributed by atoms with Crippen LogP contribution in [0.4, 0.5) is 4.39 Å². The second-order valence-corrected chi connectivity index (χ2v) is 10.8. The van der Waals surface area contributed by atoms with Crippen molar-refractivity contribution in [3.05, 3.63) is 126 Å². The minimum Gasteiger partial charge on any atom is -0.206 e. The number of benzene rings is 4. The lowest BCUT2D eigenvalue weighted by Crippen LogP contribution is -2.30. The van der Waals surface area contributed by atoms with Gasteiger partial charge in [0.1, 0.15) is 29.0 Å². The second-order valence-electron chi connectivity index (χ2n) is 6.43. The Morgan fingerprint density at radius 1 is 0.536 bits per heavy atom. The summed E-state index contributed by atoms with van der Waals surface area (Å²) in [7, 11) is -1.53. The SMILES string of the molecule is C[P+](c1ccccc1)(c1ccccc1)c1ccccc1.Fc1ccccc1Br. The summed E-state index contributed by atoms with van der Waals surface area (Å²) in [6.45, 7) is 2.41. The fourth-order valence-corrected chi connectivity index (χ4v) is 6.55. The molecule has 0 aliphatic rings. The molecule has 140 valence electrons. The van der Waals surface area contributed by atoms with Crippen LogP contribution in [0.1, 0.15) is 0 Å². The van der Waals surface area contributed by atoms with Crippen LogP contribution in [0, 0.1) is 5.82 Å². The van der Waals surface area contributed by atoms with Gasteiger partial charge >= 0.3 is 0 Å². The first kappa shape index (κ1) is 20.5. The highest BCUT2D eigenvalue weighted by atomic mass is 79.9. The van der Waals surface area contributed by atoms with Crippen LogP contribution < -0.4 is 15.9 Å². The molecule has 0 N–H and O–H groups in total. The minimum absolute atomic E-state index is 0.215. The van der Waals surface area contributed by atoms with E-state index in [1.54, 1.807) is 18.2 Å². The smallest absolute Gasteiger partial charge is 0.137 e. The minimum atomic E-state index is -1.53. The van der Waals surface area contributed by atoms with Crippen LogP contribution >= 0.6 is 23.2 Å². The van der Waals surface area contributed by atoms with Gasteiger partial charge in [0.05, 0.1) is 11.1 Å². The molecule has 0 saturated carbocycles. The Morgan fingerprint density at radius 2 is 0.857 bits per heavy atom. The molecule has 3 heteroatoms. The molecule has 0 unspecified atom stereocenters. The van der Waals surface area contributed by atoms with Crippen LogP contribution in [0.15, 0.2) is 120 Å². The quantitative estimate of drug-likeness (QED) is 0.325. The molecule has 0 radical (unpaired) electrons. The maximum Gasteiger partial charge on any atom is 0.137 e. The van der Waals surface area contributed by atoms with Gasteiger partial charge in [-0.2, -0.15) is 0 Å². The average molecular weight is 452 g/mol. The van der Waals surface area contributed by atoms with Crippen LogP contribution in [0.5, 0.6) is 0 Å². The van der Waals surface area contributed by atoms with E-state index < -0.39 is 7.26 Å². The van der Waals surface area contributed by atoms with Crippen molar-refractivity contribution in [2.75, 3.05) is 6.66 Å². The third kappa shape index (κ3) is 4.76. The lowest BCUT2D eigenvalue weighted by molar-refractivity contribution is 0.621. The Labute approximate surface area is 175 Å². The van der Waals surface area contributed by atoms with E-state index in [1.807, 2.05) is 0 Å². The van der Waals surface area contributed by atoms with Crippen molar-refractivity contribution in [3.63, 3.8) is 0 Å². The third-order valence-corrected chi connectivity index (χ3v) is 9.28. The van der Waals surface area contributed by atoms with Crippen LogP contribution in [0.25, 0.3) is 0 Å². The van der Waals surface area contributed by atoms with Crippen molar-refractivity contribution in [2.45, 2.75) is 0 Å². The van der Waals surface area contributed by atoms with Gasteiger partial charge in [0.2, 0.25) is 0 Å². The number of halogens is 2. The predicted molar refractivity (Wildman–Crippen MR) is 125 cm³/mol. The van der Waals surface area contributed by atoms with Gasteiger partial charge in [0.25, 0.3) is 0 Å². The van der Waals surface area contributed by atoms with Crippen molar-refractivity contribution in [2.24, 2.45) is 0 Å². The average Bonchev–Trinajstić information content (AvgIpc) is 2.77. The zero-order chi connectivity index (χ0) is 19.8. The monoisotopic (exact) mass is 451 g/mol. The lowest BCUT2D eigenvalue weighted by Gasteiger charge is -2.22. The highest BCUT2D eigenvalue weighted by Crippen LogP contribution is 2.51. The van der Waals surface area contributed by atoms with Crippen LogP contribution in [0.2, 0.25) is 0 Å². The maximum absolute atomic E-state index is 12.3. The molecule has 4 rings (SSSR count). The molecule has 0 heterocycles. The summed E-state index contributed by atoms with van der Waals surface area (Å²) in [4.78, 5) is 0. The van der Waals surface area contributed by atoms with Crippen molar-refractivity contribution in [3.8, 4) is 0 Å². The van der Waals surface area contributed by atoms with Crippen molar-refractivity contribution >= 4 is 39.1 Å². The molecule has 28 heavy (non-hydrogen) atoms. The molecular weight excluding hydrogens is 430 g/mol. The van der Waals surface area contributed by atoms with Crippen molar-refractivity contribution in [1.82, 2.24) is 0 Å². The number of hydrogen-bond acceptors (Lipinski definition) is 0.